The molecular weight excluding hydrogens is 218 g/mol. The summed E-state index contributed by atoms with van der Waals surface area (Å²) in [5, 5.41) is 4.12. The van der Waals surface area contributed by atoms with Gasteiger partial charge in [0.2, 0.25) is 0 Å². The molecule has 0 heterocycles. The van der Waals surface area contributed by atoms with Gasteiger partial charge in [-0.25, -0.2) is 0 Å². The monoisotopic (exact) mass is 239 g/mol. The molecule has 1 aromatic carbocycles. The van der Waals surface area contributed by atoms with Crippen LogP contribution in [-0.2, 0) is 6.42 Å². The van der Waals surface area contributed by atoms with Crippen LogP contribution in [0.5, 0.6) is 0 Å². The summed E-state index contributed by atoms with van der Waals surface area (Å²) in [6.07, 6.45) is 5.01. The van der Waals surface area contributed by atoms with Crippen molar-refractivity contribution in [3.8, 4) is 0 Å². The summed E-state index contributed by atoms with van der Waals surface area (Å²) in [5.74, 6) is 0.725. The summed E-state index contributed by atoms with van der Waals surface area (Å²) in [7, 11) is 2.02. The zero-order chi connectivity index (χ0) is 11.8. The lowest BCUT2D eigenvalue weighted by Gasteiger charge is -2.16. The van der Waals surface area contributed by atoms with Crippen LogP contribution in [0.15, 0.2) is 24.3 Å². The second-order valence-corrected chi connectivity index (χ2v) is 4.84. The van der Waals surface area contributed by atoms with Crippen LogP contribution in [0.1, 0.15) is 31.7 Å². The van der Waals surface area contributed by atoms with E-state index in [0.29, 0.717) is 0 Å². The Labute approximate surface area is 104 Å². The van der Waals surface area contributed by atoms with Crippen molar-refractivity contribution in [3.05, 3.63) is 34.9 Å². The van der Waals surface area contributed by atoms with E-state index in [1.54, 1.807) is 0 Å². The van der Waals surface area contributed by atoms with Crippen molar-refractivity contribution in [1.82, 2.24) is 5.32 Å². The minimum Gasteiger partial charge on any atom is -0.319 e. The van der Waals surface area contributed by atoms with Crippen molar-refractivity contribution in [3.63, 3.8) is 0 Å². The first-order chi connectivity index (χ1) is 7.76. The average Bonchev–Trinajstić information content (AvgIpc) is 2.26. The normalized spacial score (nSPS) is 12.7. The molecule has 1 N–H and O–H groups in total. The summed E-state index contributed by atoms with van der Waals surface area (Å²) >= 11 is 5.99. The minimum atomic E-state index is 0.725. The van der Waals surface area contributed by atoms with Crippen LogP contribution >= 0.6 is 11.6 Å². The average molecular weight is 240 g/mol. The molecule has 0 saturated carbocycles. The molecule has 1 unspecified atom stereocenters. The summed E-state index contributed by atoms with van der Waals surface area (Å²) < 4.78 is 0. The van der Waals surface area contributed by atoms with Crippen molar-refractivity contribution in [2.45, 2.75) is 32.6 Å². The van der Waals surface area contributed by atoms with Crippen LogP contribution in [-0.4, -0.2) is 13.6 Å². The highest BCUT2D eigenvalue weighted by Crippen LogP contribution is 2.17. The van der Waals surface area contributed by atoms with Gasteiger partial charge in [-0.2, -0.15) is 0 Å². The third kappa shape index (κ3) is 5.00. The SMILES string of the molecule is CCCCC(CNC)Cc1cccc(Cl)c1. The highest BCUT2D eigenvalue weighted by molar-refractivity contribution is 6.30. The molecule has 16 heavy (non-hydrogen) atoms. The van der Waals surface area contributed by atoms with Gasteiger partial charge in [-0.1, -0.05) is 43.5 Å². The number of nitrogens with one attached hydrogen (secondary N) is 1. The predicted molar refractivity (Wildman–Crippen MR) is 72.1 cm³/mol. The lowest BCUT2D eigenvalue weighted by molar-refractivity contribution is 0.444. The first-order valence-corrected chi connectivity index (χ1v) is 6.53. The number of hydrogen-bond donors (Lipinski definition) is 1. The Morgan fingerprint density at radius 1 is 1.38 bits per heavy atom. The minimum absolute atomic E-state index is 0.725. The molecule has 2 heteroatoms. The standard InChI is InChI=1S/C14H22ClN/c1-3-4-6-13(11-16-2)9-12-7-5-8-14(15)10-12/h5,7-8,10,13,16H,3-4,6,9,11H2,1-2H3. The summed E-state index contributed by atoms with van der Waals surface area (Å²) in [6.45, 7) is 3.34. The third-order valence-corrected chi connectivity index (χ3v) is 3.11. The van der Waals surface area contributed by atoms with Crippen LogP contribution in [0.4, 0.5) is 0 Å². The first kappa shape index (κ1) is 13.5. The molecule has 1 atom stereocenters. The molecule has 90 valence electrons. The molecule has 0 spiro atoms. The van der Waals surface area contributed by atoms with Crippen LogP contribution in [0, 0.1) is 5.92 Å². The fourth-order valence-electron chi connectivity index (χ4n) is 2.06. The van der Waals surface area contributed by atoms with Gasteiger partial charge < -0.3 is 5.32 Å². The second-order valence-electron chi connectivity index (χ2n) is 4.40. The van der Waals surface area contributed by atoms with E-state index < -0.39 is 0 Å². The van der Waals surface area contributed by atoms with E-state index in [1.165, 1.54) is 24.8 Å². The summed E-state index contributed by atoms with van der Waals surface area (Å²) in [6, 6.07) is 8.22. The molecule has 0 radical (unpaired) electrons. The van der Waals surface area contributed by atoms with E-state index in [2.05, 4.69) is 24.4 Å². The maximum absolute atomic E-state index is 5.99. The molecule has 0 aliphatic carbocycles. The maximum Gasteiger partial charge on any atom is 0.0408 e. The summed E-state index contributed by atoms with van der Waals surface area (Å²) in [4.78, 5) is 0. The van der Waals surface area contributed by atoms with Crippen molar-refractivity contribution < 1.29 is 0 Å². The van der Waals surface area contributed by atoms with Crippen LogP contribution in [0.25, 0.3) is 0 Å². The van der Waals surface area contributed by atoms with Crippen LogP contribution in [0.2, 0.25) is 5.02 Å². The van der Waals surface area contributed by atoms with Crippen molar-refractivity contribution in [2.75, 3.05) is 13.6 Å². The maximum atomic E-state index is 5.99. The highest BCUT2D eigenvalue weighted by Gasteiger charge is 2.08. The van der Waals surface area contributed by atoms with Crippen molar-refractivity contribution >= 4 is 11.6 Å². The van der Waals surface area contributed by atoms with Crippen LogP contribution in [0.3, 0.4) is 0 Å². The van der Waals surface area contributed by atoms with Gasteiger partial charge in [-0.3, -0.25) is 0 Å². The van der Waals surface area contributed by atoms with Gasteiger partial charge in [0.15, 0.2) is 0 Å². The second kappa shape index (κ2) is 7.70. The summed E-state index contributed by atoms with van der Waals surface area (Å²) in [5.41, 5.74) is 1.35. The van der Waals surface area contributed by atoms with E-state index >= 15 is 0 Å². The first-order valence-electron chi connectivity index (χ1n) is 6.15. The van der Waals surface area contributed by atoms with Gasteiger partial charge in [0.05, 0.1) is 0 Å². The molecule has 1 rings (SSSR count). The molecule has 1 aromatic rings. The van der Waals surface area contributed by atoms with Gasteiger partial charge in [0.1, 0.15) is 0 Å². The number of hydrogen-bond acceptors (Lipinski definition) is 1. The molecular formula is C14H22ClN. The Morgan fingerprint density at radius 2 is 2.19 bits per heavy atom. The Bertz CT molecular complexity index is 299. The van der Waals surface area contributed by atoms with Gasteiger partial charge in [-0.05, 0) is 50.0 Å². The van der Waals surface area contributed by atoms with Gasteiger partial charge in [0.25, 0.3) is 0 Å². The molecule has 0 amide bonds. The molecule has 0 fully saturated rings. The van der Waals surface area contributed by atoms with Gasteiger partial charge >= 0.3 is 0 Å². The zero-order valence-corrected chi connectivity index (χ0v) is 11.1. The zero-order valence-electron chi connectivity index (χ0n) is 10.3. The van der Waals surface area contributed by atoms with E-state index in [0.717, 1.165) is 23.9 Å². The van der Waals surface area contributed by atoms with Crippen molar-refractivity contribution in [2.24, 2.45) is 5.92 Å². The molecule has 0 bridgehead atoms. The Morgan fingerprint density at radius 3 is 2.81 bits per heavy atom. The molecule has 1 nitrogen and oxygen atoms in total. The fraction of sp³-hybridized carbons (Fsp3) is 0.571. The Kier molecular flexibility index (Phi) is 6.51. The van der Waals surface area contributed by atoms with Gasteiger partial charge in [0, 0.05) is 5.02 Å². The molecule has 0 aromatic heterocycles. The van der Waals surface area contributed by atoms with Crippen LogP contribution < -0.4 is 5.32 Å². The van der Waals surface area contributed by atoms with E-state index in [9.17, 15) is 0 Å². The van der Waals surface area contributed by atoms with Gasteiger partial charge in [-0.15, -0.1) is 0 Å². The number of benzene rings is 1. The van der Waals surface area contributed by atoms with E-state index in [4.69, 9.17) is 11.6 Å². The number of halogens is 1. The molecule has 0 aliphatic heterocycles. The lowest BCUT2D eigenvalue weighted by Crippen LogP contribution is -2.20. The highest BCUT2D eigenvalue weighted by atomic mass is 35.5. The molecule has 0 aliphatic rings. The van der Waals surface area contributed by atoms with E-state index in [1.807, 2.05) is 19.2 Å². The topological polar surface area (TPSA) is 12.0 Å². The third-order valence-electron chi connectivity index (χ3n) is 2.87. The molecule has 0 saturated heterocycles. The fourth-order valence-corrected chi connectivity index (χ4v) is 2.27. The largest absolute Gasteiger partial charge is 0.319 e. The van der Waals surface area contributed by atoms with Crippen molar-refractivity contribution in [1.29, 1.82) is 0 Å². The number of unbranched alkanes of at least 4 members (excludes halogenated alkanes) is 1. The lowest BCUT2D eigenvalue weighted by atomic mass is 9.94. The number of rotatable bonds is 7. The van der Waals surface area contributed by atoms with E-state index in [-0.39, 0.29) is 0 Å². The quantitative estimate of drug-likeness (QED) is 0.761. The Hall–Kier alpha value is -0.530. The predicted octanol–water partition coefficient (Wildman–Crippen LogP) is 3.91. The Balaban J connectivity index is 2.52. The smallest absolute Gasteiger partial charge is 0.0408 e.